The topological polar surface area (TPSA) is 12.0 Å². The summed E-state index contributed by atoms with van der Waals surface area (Å²) in [5.74, 6) is 0. The molecule has 0 aliphatic carbocycles. The molecule has 4 heteroatoms. The third-order valence-corrected chi connectivity index (χ3v) is 9.67. The van der Waals surface area contributed by atoms with Crippen molar-refractivity contribution in [2.24, 2.45) is 0 Å². The fourth-order valence-electron chi connectivity index (χ4n) is 3.75. The van der Waals surface area contributed by atoms with Gasteiger partial charge in [-0.25, -0.2) is 0 Å². The molecule has 3 aromatic rings. The first kappa shape index (κ1) is 26.0. The second-order valence-corrected chi connectivity index (χ2v) is 10.6. The molecule has 0 atom stereocenters. The normalized spacial score (nSPS) is 10.7. The standard InChI is InChI=1S/C25H31NP.2BrH/c1-2-3-20-26-21-13-22-27(23-14-7-4-8-15-23,24-16-9-5-10-17-24)25-18-11-6-12-19-25;;/h4-12,14-19,26H,2-3,13,20-22H2,1H3;2*1H/q+1;;. The first-order chi connectivity index (χ1) is 13.4. The summed E-state index contributed by atoms with van der Waals surface area (Å²) in [4.78, 5) is 0. The van der Waals surface area contributed by atoms with E-state index in [-0.39, 0.29) is 34.0 Å². The van der Waals surface area contributed by atoms with Crippen molar-refractivity contribution in [1.29, 1.82) is 0 Å². The maximum absolute atomic E-state index is 3.63. The van der Waals surface area contributed by atoms with E-state index in [1.54, 1.807) is 0 Å². The second kappa shape index (κ2) is 14.1. The van der Waals surface area contributed by atoms with Crippen LogP contribution in [0.4, 0.5) is 0 Å². The number of benzene rings is 3. The molecule has 156 valence electrons. The van der Waals surface area contributed by atoms with Crippen molar-refractivity contribution in [2.45, 2.75) is 26.2 Å². The van der Waals surface area contributed by atoms with Crippen molar-refractivity contribution in [2.75, 3.05) is 19.3 Å². The van der Waals surface area contributed by atoms with E-state index in [1.807, 2.05) is 0 Å². The van der Waals surface area contributed by atoms with Gasteiger partial charge in [-0.15, -0.1) is 34.0 Å². The van der Waals surface area contributed by atoms with Crippen LogP contribution in [0.15, 0.2) is 91.0 Å². The van der Waals surface area contributed by atoms with Crippen LogP contribution < -0.4 is 21.2 Å². The maximum Gasteiger partial charge on any atom is 0.112 e. The van der Waals surface area contributed by atoms with Crippen LogP contribution in [0.25, 0.3) is 0 Å². The largest absolute Gasteiger partial charge is 0.317 e. The lowest BCUT2D eigenvalue weighted by Crippen LogP contribution is -2.34. The van der Waals surface area contributed by atoms with Crippen LogP contribution in [0.5, 0.6) is 0 Å². The monoisotopic (exact) mass is 536 g/mol. The minimum atomic E-state index is -1.65. The maximum atomic E-state index is 3.63. The Morgan fingerprint density at radius 2 is 0.966 bits per heavy atom. The Kier molecular flexibility index (Phi) is 12.7. The molecule has 0 heterocycles. The molecule has 0 aromatic heterocycles. The molecular formula is C25H33Br2NP+. The summed E-state index contributed by atoms with van der Waals surface area (Å²) in [6.45, 7) is 4.47. The molecule has 0 saturated heterocycles. The third-order valence-electron chi connectivity index (χ3n) is 5.15. The Morgan fingerprint density at radius 1 is 0.586 bits per heavy atom. The van der Waals surface area contributed by atoms with Crippen LogP contribution in [-0.2, 0) is 0 Å². The lowest BCUT2D eigenvalue weighted by atomic mass is 10.3. The highest BCUT2D eigenvalue weighted by Crippen LogP contribution is 2.55. The fraction of sp³-hybridized carbons (Fsp3) is 0.280. The van der Waals surface area contributed by atoms with Crippen LogP contribution in [0.1, 0.15) is 26.2 Å². The van der Waals surface area contributed by atoms with Gasteiger partial charge in [-0.2, -0.15) is 0 Å². The molecule has 0 radical (unpaired) electrons. The van der Waals surface area contributed by atoms with Crippen molar-refractivity contribution in [1.82, 2.24) is 5.32 Å². The summed E-state index contributed by atoms with van der Waals surface area (Å²) in [5.41, 5.74) is 0. The number of nitrogens with one attached hydrogen (secondary N) is 1. The average Bonchev–Trinajstić information content (AvgIpc) is 2.75. The van der Waals surface area contributed by atoms with Gasteiger partial charge in [0.1, 0.15) is 23.2 Å². The van der Waals surface area contributed by atoms with Gasteiger partial charge >= 0.3 is 0 Å². The van der Waals surface area contributed by atoms with Gasteiger partial charge in [0.25, 0.3) is 0 Å². The molecule has 0 saturated carbocycles. The minimum absolute atomic E-state index is 0. The summed E-state index contributed by atoms with van der Waals surface area (Å²) in [5, 5.41) is 8.08. The Morgan fingerprint density at radius 3 is 1.34 bits per heavy atom. The number of halogens is 2. The van der Waals surface area contributed by atoms with Crippen molar-refractivity contribution < 1.29 is 0 Å². The van der Waals surface area contributed by atoms with Gasteiger partial charge in [-0.3, -0.25) is 0 Å². The zero-order valence-corrected chi connectivity index (χ0v) is 21.5. The molecule has 0 aliphatic heterocycles. The highest BCUT2D eigenvalue weighted by atomic mass is 79.9. The molecule has 1 N–H and O–H groups in total. The van der Waals surface area contributed by atoms with E-state index in [0.29, 0.717) is 0 Å². The summed E-state index contributed by atoms with van der Waals surface area (Å²) < 4.78 is 0. The molecule has 0 fully saturated rings. The van der Waals surface area contributed by atoms with Gasteiger partial charge in [-0.05, 0) is 62.3 Å². The fourth-order valence-corrected chi connectivity index (χ4v) is 8.09. The van der Waals surface area contributed by atoms with E-state index in [4.69, 9.17) is 0 Å². The smallest absolute Gasteiger partial charge is 0.112 e. The predicted octanol–water partition coefficient (Wildman–Crippen LogP) is 5.92. The van der Waals surface area contributed by atoms with Gasteiger partial charge < -0.3 is 5.32 Å². The number of hydrogen-bond donors (Lipinski definition) is 1. The van der Waals surface area contributed by atoms with Gasteiger partial charge in [0.15, 0.2) is 0 Å². The zero-order valence-electron chi connectivity index (χ0n) is 17.2. The Hall–Kier alpha value is -0.990. The molecular weight excluding hydrogens is 505 g/mol. The van der Waals surface area contributed by atoms with Gasteiger partial charge in [-0.1, -0.05) is 67.9 Å². The van der Waals surface area contributed by atoms with E-state index in [9.17, 15) is 0 Å². The summed E-state index contributed by atoms with van der Waals surface area (Å²) in [7, 11) is -1.65. The quantitative estimate of drug-likeness (QED) is 0.250. The van der Waals surface area contributed by atoms with Gasteiger partial charge in [0.2, 0.25) is 0 Å². The molecule has 1 nitrogen and oxygen atoms in total. The first-order valence-corrected chi connectivity index (χ1v) is 12.1. The molecule has 0 unspecified atom stereocenters. The van der Waals surface area contributed by atoms with Crippen molar-refractivity contribution in [3.63, 3.8) is 0 Å². The van der Waals surface area contributed by atoms with E-state index in [2.05, 4.69) is 103 Å². The number of hydrogen-bond acceptors (Lipinski definition) is 1. The third kappa shape index (κ3) is 6.76. The molecule has 0 amide bonds. The van der Waals surface area contributed by atoms with Crippen LogP contribution in [0.3, 0.4) is 0 Å². The molecule has 3 aromatic carbocycles. The Balaban J connectivity index is 0.00000210. The highest BCUT2D eigenvalue weighted by Gasteiger charge is 2.44. The summed E-state index contributed by atoms with van der Waals surface area (Å²) >= 11 is 0. The van der Waals surface area contributed by atoms with E-state index in [1.165, 1.54) is 41.3 Å². The Bertz CT molecular complexity index is 685. The van der Waals surface area contributed by atoms with Crippen molar-refractivity contribution in [3.8, 4) is 0 Å². The van der Waals surface area contributed by atoms with Crippen molar-refractivity contribution in [3.05, 3.63) is 91.0 Å². The van der Waals surface area contributed by atoms with E-state index in [0.717, 1.165) is 13.1 Å². The number of unbranched alkanes of at least 4 members (excludes halogenated alkanes) is 1. The van der Waals surface area contributed by atoms with Crippen LogP contribution in [0, 0.1) is 0 Å². The lowest BCUT2D eigenvalue weighted by molar-refractivity contribution is 0.634. The van der Waals surface area contributed by atoms with Crippen LogP contribution in [-0.4, -0.2) is 19.3 Å². The van der Waals surface area contributed by atoms with Gasteiger partial charge in [0, 0.05) is 0 Å². The minimum Gasteiger partial charge on any atom is -0.317 e. The highest BCUT2D eigenvalue weighted by molar-refractivity contribution is 8.93. The van der Waals surface area contributed by atoms with Crippen LogP contribution >= 0.6 is 41.2 Å². The average molecular weight is 538 g/mol. The van der Waals surface area contributed by atoms with Crippen molar-refractivity contribution >= 4 is 57.1 Å². The zero-order chi connectivity index (χ0) is 18.8. The molecule has 0 aliphatic rings. The van der Waals surface area contributed by atoms with Crippen LogP contribution in [0.2, 0.25) is 0 Å². The summed E-state index contributed by atoms with van der Waals surface area (Å²) in [6.07, 6.45) is 4.90. The summed E-state index contributed by atoms with van der Waals surface area (Å²) in [6, 6.07) is 33.5. The molecule has 29 heavy (non-hydrogen) atoms. The Labute approximate surface area is 198 Å². The first-order valence-electron chi connectivity index (χ1n) is 10.1. The molecule has 0 spiro atoms. The van der Waals surface area contributed by atoms with E-state index < -0.39 is 7.26 Å². The number of rotatable bonds is 10. The van der Waals surface area contributed by atoms with Gasteiger partial charge in [0.05, 0.1) is 6.16 Å². The SMILES string of the molecule is Br.Br.CCCCNCCC[P+](c1ccccc1)(c1ccccc1)c1ccccc1. The van der Waals surface area contributed by atoms with E-state index >= 15 is 0 Å². The molecule has 0 bridgehead atoms. The molecule has 3 rings (SSSR count). The lowest BCUT2D eigenvalue weighted by Gasteiger charge is -2.27. The second-order valence-electron chi connectivity index (χ2n) is 7.00. The predicted molar refractivity (Wildman–Crippen MR) is 143 cm³/mol.